The van der Waals surface area contributed by atoms with Crippen LogP contribution in [-0.4, -0.2) is 73.8 Å². The Morgan fingerprint density at radius 2 is 1.68 bits per heavy atom. The van der Waals surface area contributed by atoms with E-state index in [9.17, 15) is 9.90 Å². The number of ether oxygens (including phenoxy) is 1. The molecule has 1 aliphatic rings. The Balaban J connectivity index is 1.53. The lowest BCUT2D eigenvalue weighted by Crippen LogP contribution is -2.49. The SMILES string of the molecule is C[C@@H]1CN([C@@H](C)CO)C(=O)c2cc(N(C)C)ccc2O[C@H]1CN(C)Cc1ccc(-c2ccccc2)cc1. The van der Waals surface area contributed by atoms with E-state index < -0.39 is 0 Å². The summed E-state index contributed by atoms with van der Waals surface area (Å²) in [6, 6.07) is 24.6. The molecule has 0 aromatic heterocycles. The Morgan fingerprint density at radius 3 is 2.32 bits per heavy atom. The third kappa shape index (κ3) is 6.32. The summed E-state index contributed by atoms with van der Waals surface area (Å²) >= 11 is 0. The van der Waals surface area contributed by atoms with E-state index in [2.05, 4.69) is 67.4 Å². The van der Waals surface area contributed by atoms with Crippen LogP contribution in [0.2, 0.25) is 0 Å². The van der Waals surface area contributed by atoms with E-state index in [1.54, 1.807) is 4.90 Å². The maximum Gasteiger partial charge on any atom is 0.258 e. The van der Waals surface area contributed by atoms with Crippen molar-refractivity contribution in [3.05, 3.63) is 83.9 Å². The molecule has 0 unspecified atom stereocenters. The minimum Gasteiger partial charge on any atom is -0.488 e. The molecule has 0 bridgehead atoms. The van der Waals surface area contributed by atoms with Gasteiger partial charge in [-0.3, -0.25) is 9.69 Å². The molecule has 3 atom stereocenters. The van der Waals surface area contributed by atoms with Gasteiger partial charge in [0.25, 0.3) is 5.91 Å². The average Bonchev–Trinajstić information content (AvgIpc) is 2.90. The van der Waals surface area contributed by atoms with Crippen molar-refractivity contribution in [1.82, 2.24) is 9.80 Å². The standard InChI is InChI=1S/C31H39N3O3/c1-22-18-34(23(2)21-35)31(36)28-17-27(32(3)4)15-16-29(28)37-30(22)20-33(5)19-24-11-13-26(14-12-24)25-9-7-6-8-10-25/h6-17,22-23,30,35H,18-21H2,1-5H3/t22-,23+,30+/m1/s1. The lowest BCUT2D eigenvalue weighted by molar-refractivity contribution is 0.0341. The van der Waals surface area contributed by atoms with Crippen LogP contribution in [-0.2, 0) is 6.54 Å². The normalized spacial score (nSPS) is 18.6. The van der Waals surface area contributed by atoms with Gasteiger partial charge >= 0.3 is 0 Å². The first-order valence-corrected chi connectivity index (χ1v) is 13.0. The maximum absolute atomic E-state index is 13.5. The second-order valence-corrected chi connectivity index (χ2v) is 10.5. The number of carbonyl (C=O) groups is 1. The molecule has 196 valence electrons. The van der Waals surface area contributed by atoms with Crippen LogP contribution in [0.4, 0.5) is 5.69 Å². The molecule has 1 heterocycles. The molecule has 0 spiro atoms. The summed E-state index contributed by atoms with van der Waals surface area (Å²) in [4.78, 5) is 19.6. The smallest absolute Gasteiger partial charge is 0.258 e. The minimum absolute atomic E-state index is 0.0778. The van der Waals surface area contributed by atoms with E-state index in [1.807, 2.05) is 50.2 Å². The van der Waals surface area contributed by atoms with Crippen molar-refractivity contribution >= 4 is 11.6 Å². The van der Waals surface area contributed by atoms with Crippen molar-refractivity contribution in [1.29, 1.82) is 0 Å². The van der Waals surface area contributed by atoms with Crippen molar-refractivity contribution in [3.63, 3.8) is 0 Å². The van der Waals surface area contributed by atoms with Gasteiger partial charge in [-0.25, -0.2) is 0 Å². The quantitative estimate of drug-likeness (QED) is 0.482. The average molecular weight is 502 g/mol. The van der Waals surface area contributed by atoms with Crippen molar-refractivity contribution < 1.29 is 14.6 Å². The molecule has 37 heavy (non-hydrogen) atoms. The topological polar surface area (TPSA) is 56.3 Å². The fourth-order valence-electron chi connectivity index (χ4n) is 4.82. The summed E-state index contributed by atoms with van der Waals surface area (Å²) in [6.45, 7) is 5.97. The number of carbonyl (C=O) groups excluding carboxylic acids is 1. The van der Waals surface area contributed by atoms with E-state index >= 15 is 0 Å². The van der Waals surface area contributed by atoms with Gasteiger partial charge in [-0.05, 0) is 48.9 Å². The van der Waals surface area contributed by atoms with E-state index in [0.29, 0.717) is 24.4 Å². The molecule has 1 N–H and O–H groups in total. The van der Waals surface area contributed by atoms with Gasteiger partial charge in [0.15, 0.2) is 0 Å². The molecule has 0 saturated carbocycles. The van der Waals surface area contributed by atoms with Crippen LogP contribution in [0.25, 0.3) is 11.1 Å². The van der Waals surface area contributed by atoms with Crippen LogP contribution in [0, 0.1) is 5.92 Å². The van der Waals surface area contributed by atoms with Gasteiger partial charge in [0.05, 0.1) is 18.2 Å². The second kappa shape index (κ2) is 11.8. The third-order valence-corrected chi connectivity index (χ3v) is 7.17. The number of rotatable bonds is 8. The molecule has 6 heteroatoms. The number of aliphatic hydroxyl groups excluding tert-OH is 1. The van der Waals surface area contributed by atoms with Crippen molar-refractivity contribution in [2.75, 3.05) is 45.7 Å². The van der Waals surface area contributed by atoms with Crippen LogP contribution in [0.5, 0.6) is 5.75 Å². The minimum atomic E-state index is -0.273. The summed E-state index contributed by atoms with van der Waals surface area (Å²) in [5.74, 6) is 0.586. The van der Waals surface area contributed by atoms with E-state index in [0.717, 1.165) is 12.2 Å². The number of amides is 1. The first-order chi connectivity index (χ1) is 17.8. The van der Waals surface area contributed by atoms with Crippen LogP contribution >= 0.6 is 0 Å². The van der Waals surface area contributed by atoms with E-state index in [1.165, 1.54) is 16.7 Å². The maximum atomic E-state index is 13.5. The number of anilines is 1. The predicted octanol–water partition coefficient (Wildman–Crippen LogP) is 4.77. The van der Waals surface area contributed by atoms with Crippen LogP contribution in [0.3, 0.4) is 0 Å². The highest BCUT2D eigenvalue weighted by Crippen LogP contribution is 2.31. The number of hydrogen-bond donors (Lipinski definition) is 1. The van der Waals surface area contributed by atoms with Gasteiger partial charge in [0.2, 0.25) is 0 Å². The molecular weight excluding hydrogens is 462 g/mol. The lowest BCUT2D eigenvalue weighted by Gasteiger charge is -2.38. The van der Waals surface area contributed by atoms with Crippen LogP contribution in [0.15, 0.2) is 72.8 Å². The van der Waals surface area contributed by atoms with E-state index in [4.69, 9.17) is 4.74 Å². The van der Waals surface area contributed by atoms with Crippen LogP contribution < -0.4 is 9.64 Å². The van der Waals surface area contributed by atoms with Gasteiger partial charge in [-0.2, -0.15) is 0 Å². The molecular formula is C31H39N3O3. The third-order valence-electron chi connectivity index (χ3n) is 7.17. The Labute approximate surface area is 221 Å². The zero-order valence-corrected chi connectivity index (χ0v) is 22.6. The highest BCUT2D eigenvalue weighted by atomic mass is 16.5. The summed E-state index contributed by atoms with van der Waals surface area (Å²) in [7, 11) is 6.02. The molecule has 4 rings (SSSR count). The molecule has 6 nitrogen and oxygen atoms in total. The molecule has 0 aliphatic carbocycles. The zero-order valence-electron chi connectivity index (χ0n) is 22.6. The number of fused-ring (bicyclic) bond motifs is 1. The molecule has 0 radical (unpaired) electrons. The van der Waals surface area contributed by atoms with Gasteiger partial charge < -0.3 is 19.6 Å². The Morgan fingerprint density at radius 1 is 1.00 bits per heavy atom. The molecule has 3 aromatic rings. The monoisotopic (exact) mass is 501 g/mol. The van der Waals surface area contributed by atoms with Crippen LogP contribution in [0.1, 0.15) is 29.8 Å². The summed E-state index contributed by atoms with van der Waals surface area (Å²) in [5.41, 5.74) is 5.14. The Hall–Kier alpha value is -3.35. The number of nitrogens with zero attached hydrogens (tertiary/aromatic N) is 3. The molecule has 1 aliphatic heterocycles. The van der Waals surface area contributed by atoms with Crippen molar-refractivity contribution in [3.8, 4) is 16.9 Å². The number of hydrogen-bond acceptors (Lipinski definition) is 5. The lowest BCUT2D eigenvalue weighted by atomic mass is 9.99. The van der Waals surface area contributed by atoms with Gasteiger partial charge in [0.1, 0.15) is 11.9 Å². The largest absolute Gasteiger partial charge is 0.488 e. The highest BCUT2D eigenvalue weighted by Gasteiger charge is 2.33. The summed E-state index contributed by atoms with van der Waals surface area (Å²) < 4.78 is 6.53. The molecule has 0 saturated heterocycles. The van der Waals surface area contributed by atoms with Gasteiger partial charge in [-0.15, -0.1) is 0 Å². The first-order valence-electron chi connectivity index (χ1n) is 13.0. The molecule has 1 amide bonds. The number of likely N-dealkylation sites (N-methyl/N-ethyl adjacent to an activating group) is 1. The molecule has 3 aromatic carbocycles. The van der Waals surface area contributed by atoms with Gasteiger partial charge in [0, 0.05) is 45.3 Å². The second-order valence-electron chi connectivity index (χ2n) is 10.5. The predicted molar refractivity (Wildman–Crippen MR) is 150 cm³/mol. The van der Waals surface area contributed by atoms with Gasteiger partial charge in [-0.1, -0.05) is 61.5 Å². The van der Waals surface area contributed by atoms with Crippen molar-refractivity contribution in [2.45, 2.75) is 32.5 Å². The zero-order chi connectivity index (χ0) is 26.5. The fraction of sp³-hybridized carbons (Fsp3) is 0.387. The highest BCUT2D eigenvalue weighted by molar-refractivity contribution is 5.98. The van der Waals surface area contributed by atoms with Crippen molar-refractivity contribution in [2.24, 2.45) is 5.92 Å². The fourth-order valence-corrected chi connectivity index (χ4v) is 4.82. The number of aliphatic hydroxyl groups is 1. The summed E-state index contributed by atoms with van der Waals surface area (Å²) in [5, 5.41) is 9.87. The Kier molecular flexibility index (Phi) is 8.52. The van der Waals surface area contributed by atoms with E-state index in [-0.39, 0.29) is 30.6 Å². The first kappa shape index (κ1) is 26.7. The molecule has 0 fully saturated rings. The Bertz CT molecular complexity index is 1180. The number of benzene rings is 3. The summed E-state index contributed by atoms with van der Waals surface area (Å²) in [6.07, 6.45) is -0.112.